The van der Waals surface area contributed by atoms with Crippen LogP contribution in [0.3, 0.4) is 0 Å². The molecule has 6 rings (SSSR count). The van der Waals surface area contributed by atoms with Gasteiger partial charge in [-0.25, -0.2) is 8.42 Å². The van der Waals surface area contributed by atoms with Gasteiger partial charge >= 0.3 is 0 Å². The molecule has 192 valence electrons. The molecular formula is C28H30N4O4S. The van der Waals surface area contributed by atoms with Crippen molar-refractivity contribution >= 4 is 26.6 Å². The van der Waals surface area contributed by atoms with Crippen LogP contribution < -0.4 is 15.0 Å². The van der Waals surface area contributed by atoms with Crippen molar-refractivity contribution in [3.8, 4) is 5.75 Å². The normalized spacial score (nSPS) is 19.5. The highest BCUT2D eigenvalue weighted by Gasteiger charge is 2.35. The lowest BCUT2D eigenvalue weighted by molar-refractivity contribution is 0.115. The summed E-state index contributed by atoms with van der Waals surface area (Å²) in [5.41, 5.74) is 3.32. The molecule has 2 unspecified atom stereocenters. The smallest absolute Gasteiger partial charge is 0.275 e. The molecule has 9 heteroatoms. The molecule has 37 heavy (non-hydrogen) atoms. The van der Waals surface area contributed by atoms with Crippen LogP contribution in [0, 0.1) is 5.92 Å². The van der Waals surface area contributed by atoms with Gasteiger partial charge in [0.25, 0.3) is 15.6 Å². The Labute approximate surface area is 216 Å². The third-order valence-corrected chi connectivity index (χ3v) is 9.05. The minimum absolute atomic E-state index is 0.0761. The van der Waals surface area contributed by atoms with Crippen molar-refractivity contribution in [3.63, 3.8) is 0 Å². The zero-order chi connectivity index (χ0) is 25.7. The van der Waals surface area contributed by atoms with E-state index in [0.717, 1.165) is 31.7 Å². The SMILES string of the molecule is COc1ccc(S(=O)(=O)Nc2ccc3n(c2=O)CC2CC3CN(Cc3cn(C)c4ccccc34)C2)cc1. The predicted octanol–water partition coefficient (Wildman–Crippen LogP) is 3.77. The molecule has 1 saturated heterocycles. The number of likely N-dealkylation sites (tertiary alicyclic amines) is 1. The quantitative estimate of drug-likeness (QED) is 0.420. The zero-order valence-corrected chi connectivity index (χ0v) is 21.7. The maximum atomic E-state index is 13.4. The summed E-state index contributed by atoms with van der Waals surface area (Å²) >= 11 is 0. The van der Waals surface area contributed by atoms with Crippen LogP contribution in [-0.4, -0.2) is 42.7 Å². The van der Waals surface area contributed by atoms with Crippen molar-refractivity contribution in [2.24, 2.45) is 13.0 Å². The number of hydrogen-bond acceptors (Lipinski definition) is 5. The summed E-state index contributed by atoms with van der Waals surface area (Å²) in [7, 11) is -0.289. The van der Waals surface area contributed by atoms with E-state index >= 15 is 0 Å². The van der Waals surface area contributed by atoms with Crippen molar-refractivity contribution in [3.05, 3.63) is 88.5 Å². The van der Waals surface area contributed by atoms with Gasteiger partial charge in [-0.05, 0) is 60.4 Å². The fourth-order valence-corrected chi connectivity index (χ4v) is 7.06. The van der Waals surface area contributed by atoms with E-state index in [0.29, 0.717) is 18.2 Å². The molecule has 0 amide bonds. The summed E-state index contributed by atoms with van der Waals surface area (Å²) in [6.45, 7) is 3.25. The zero-order valence-electron chi connectivity index (χ0n) is 20.9. The van der Waals surface area contributed by atoms with Gasteiger partial charge in [0.05, 0.1) is 12.0 Å². The molecule has 4 aromatic rings. The molecule has 2 aromatic carbocycles. The standard InChI is InChI=1S/C28H30N4O4S/c1-30-16-21(24-5-3-4-6-27(24)30)18-31-14-19-13-20(17-31)26-12-11-25(28(33)32(26)15-19)29-37(34,35)23-9-7-22(36-2)8-10-23/h3-12,16,19-20,29H,13-15,17-18H2,1-2H3. The predicted molar refractivity (Wildman–Crippen MR) is 144 cm³/mol. The first kappa shape index (κ1) is 23.8. The van der Waals surface area contributed by atoms with E-state index in [1.807, 2.05) is 6.07 Å². The van der Waals surface area contributed by atoms with Crippen LogP contribution in [0.2, 0.25) is 0 Å². The number of ether oxygens (including phenoxy) is 1. The number of nitrogens with one attached hydrogen (secondary N) is 1. The van der Waals surface area contributed by atoms with Gasteiger partial charge in [0, 0.05) is 61.9 Å². The Hall–Kier alpha value is -3.56. The van der Waals surface area contributed by atoms with E-state index in [9.17, 15) is 13.2 Å². The average molecular weight is 519 g/mol. The minimum atomic E-state index is -3.89. The first-order valence-electron chi connectivity index (χ1n) is 12.5. The molecule has 2 atom stereocenters. The molecule has 2 aliphatic rings. The Kier molecular flexibility index (Phi) is 5.84. The van der Waals surface area contributed by atoms with Crippen LogP contribution in [0.25, 0.3) is 10.9 Å². The van der Waals surface area contributed by atoms with E-state index < -0.39 is 10.0 Å². The molecule has 0 aliphatic carbocycles. The molecule has 0 spiro atoms. The summed E-state index contributed by atoms with van der Waals surface area (Å²) in [6, 6.07) is 18.1. The first-order chi connectivity index (χ1) is 17.8. The number of benzene rings is 2. The molecule has 8 nitrogen and oxygen atoms in total. The number of aryl methyl sites for hydroxylation is 1. The van der Waals surface area contributed by atoms with Crippen molar-refractivity contribution in [2.45, 2.75) is 30.3 Å². The van der Waals surface area contributed by atoms with Crippen molar-refractivity contribution in [1.82, 2.24) is 14.0 Å². The number of rotatable bonds is 6. The minimum Gasteiger partial charge on any atom is -0.497 e. The summed E-state index contributed by atoms with van der Waals surface area (Å²) < 4.78 is 37.4. The lowest BCUT2D eigenvalue weighted by Crippen LogP contribution is -2.47. The topological polar surface area (TPSA) is 85.6 Å². The number of sulfonamides is 1. The van der Waals surface area contributed by atoms with Crippen LogP contribution >= 0.6 is 0 Å². The highest BCUT2D eigenvalue weighted by molar-refractivity contribution is 7.92. The highest BCUT2D eigenvalue weighted by Crippen LogP contribution is 2.36. The Bertz CT molecular complexity index is 1640. The molecular weight excluding hydrogens is 488 g/mol. The van der Waals surface area contributed by atoms with Crippen molar-refractivity contribution in [2.75, 3.05) is 24.9 Å². The van der Waals surface area contributed by atoms with Gasteiger partial charge in [0.2, 0.25) is 0 Å². The summed E-state index contributed by atoms with van der Waals surface area (Å²) in [5.74, 6) is 1.14. The van der Waals surface area contributed by atoms with E-state index in [1.54, 1.807) is 22.8 Å². The number of anilines is 1. The van der Waals surface area contributed by atoms with Gasteiger partial charge in [0.1, 0.15) is 11.4 Å². The van der Waals surface area contributed by atoms with Crippen LogP contribution in [0.15, 0.2) is 76.6 Å². The van der Waals surface area contributed by atoms with Crippen LogP contribution in [-0.2, 0) is 30.2 Å². The van der Waals surface area contributed by atoms with E-state index in [2.05, 4.69) is 51.7 Å². The number of nitrogens with zero attached hydrogens (tertiary/aromatic N) is 3. The van der Waals surface area contributed by atoms with Gasteiger partial charge in [-0.3, -0.25) is 14.4 Å². The fourth-order valence-electron chi connectivity index (χ4n) is 6.00. The van der Waals surface area contributed by atoms with E-state index in [-0.39, 0.29) is 22.1 Å². The molecule has 0 radical (unpaired) electrons. The second kappa shape index (κ2) is 9.08. The summed E-state index contributed by atoms with van der Waals surface area (Å²) in [4.78, 5) is 16.0. The molecule has 1 fully saturated rings. The number of para-hydroxylation sites is 1. The molecule has 1 N–H and O–H groups in total. The summed E-state index contributed by atoms with van der Waals surface area (Å²) in [6.07, 6.45) is 3.26. The molecule has 4 heterocycles. The lowest BCUT2D eigenvalue weighted by atomic mass is 9.83. The first-order valence-corrected chi connectivity index (χ1v) is 14.0. The fraction of sp³-hybridized carbons (Fsp3) is 0.321. The molecule has 2 aliphatic heterocycles. The Morgan fingerprint density at radius 3 is 2.57 bits per heavy atom. The lowest BCUT2D eigenvalue weighted by Gasteiger charge is -2.43. The number of piperidine rings is 1. The van der Waals surface area contributed by atoms with Gasteiger partial charge in [-0.15, -0.1) is 0 Å². The van der Waals surface area contributed by atoms with Gasteiger partial charge in [-0.1, -0.05) is 18.2 Å². The number of aromatic nitrogens is 2. The van der Waals surface area contributed by atoms with Crippen molar-refractivity contribution < 1.29 is 13.2 Å². The number of pyridine rings is 1. The van der Waals surface area contributed by atoms with Gasteiger partial charge in [-0.2, -0.15) is 0 Å². The van der Waals surface area contributed by atoms with E-state index in [4.69, 9.17) is 4.74 Å². The summed E-state index contributed by atoms with van der Waals surface area (Å²) in [5, 5.41) is 1.28. The van der Waals surface area contributed by atoms with Gasteiger partial charge < -0.3 is 13.9 Å². The third-order valence-electron chi connectivity index (χ3n) is 7.67. The van der Waals surface area contributed by atoms with Crippen LogP contribution in [0.1, 0.15) is 23.6 Å². The Morgan fingerprint density at radius 2 is 1.78 bits per heavy atom. The molecule has 0 saturated carbocycles. The van der Waals surface area contributed by atoms with Crippen molar-refractivity contribution in [1.29, 1.82) is 0 Å². The average Bonchev–Trinajstić information content (AvgIpc) is 3.21. The number of fused-ring (bicyclic) bond motifs is 5. The Morgan fingerprint density at radius 1 is 1.00 bits per heavy atom. The Balaban J connectivity index is 1.23. The monoisotopic (exact) mass is 518 g/mol. The number of methoxy groups -OCH3 is 1. The second-order valence-electron chi connectivity index (χ2n) is 10.1. The second-order valence-corrected chi connectivity index (χ2v) is 11.8. The maximum absolute atomic E-state index is 13.4. The highest BCUT2D eigenvalue weighted by atomic mass is 32.2. The molecule has 2 bridgehead atoms. The van der Waals surface area contributed by atoms with E-state index in [1.165, 1.54) is 35.7 Å². The molecule has 2 aromatic heterocycles. The largest absolute Gasteiger partial charge is 0.497 e. The van der Waals surface area contributed by atoms with Crippen LogP contribution in [0.5, 0.6) is 5.75 Å². The number of hydrogen-bond donors (Lipinski definition) is 1. The van der Waals surface area contributed by atoms with Crippen LogP contribution in [0.4, 0.5) is 5.69 Å². The maximum Gasteiger partial charge on any atom is 0.275 e. The van der Waals surface area contributed by atoms with Gasteiger partial charge in [0.15, 0.2) is 0 Å². The third kappa shape index (κ3) is 4.32.